The third-order valence-electron chi connectivity index (χ3n) is 4.45. The molecule has 2 rings (SSSR count). The fourth-order valence-corrected chi connectivity index (χ4v) is 2.90. The molecule has 150 valence electrons. The minimum Gasteiger partial charge on any atom is -0.495 e. The maximum atomic E-state index is 11.4. The van der Waals surface area contributed by atoms with Crippen LogP contribution in [-0.4, -0.2) is 32.6 Å². The lowest BCUT2D eigenvalue weighted by atomic mass is 9.99. The van der Waals surface area contributed by atoms with Gasteiger partial charge in [0.1, 0.15) is 5.75 Å². The number of amides is 1. The van der Waals surface area contributed by atoms with E-state index in [-0.39, 0.29) is 5.91 Å². The standard InChI is InChI=1S/C22H30N4O2/c1-15-7-6-8-19(11-15)16(2)13-24-22(23-4)25-14-18-9-10-21(28-5)20(12-18)26-17(3)27/h6-12,16H,13-14H2,1-5H3,(H,26,27)(H2,23,24,25). The molecule has 6 nitrogen and oxygen atoms in total. The summed E-state index contributed by atoms with van der Waals surface area (Å²) in [7, 11) is 3.34. The molecule has 0 radical (unpaired) electrons. The number of ether oxygens (including phenoxy) is 1. The average molecular weight is 383 g/mol. The molecule has 0 saturated carbocycles. The Morgan fingerprint density at radius 2 is 1.96 bits per heavy atom. The Hall–Kier alpha value is -3.02. The highest BCUT2D eigenvalue weighted by Gasteiger charge is 2.09. The van der Waals surface area contributed by atoms with Crippen molar-refractivity contribution in [3.05, 3.63) is 59.2 Å². The Labute approximate surface area is 167 Å². The van der Waals surface area contributed by atoms with Crippen molar-refractivity contribution in [2.75, 3.05) is 26.0 Å². The molecule has 0 aromatic heterocycles. The van der Waals surface area contributed by atoms with E-state index in [9.17, 15) is 4.79 Å². The molecule has 0 bridgehead atoms. The Bertz CT molecular complexity index is 833. The molecular weight excluding hydrogens is 352 g/mol. The number of carbonyl (C=O) groups is 1. The molecule has 0 aliphatic rings. The van der Waals surface area contributed by atoms with Gasteiger partial charge in [-0.3, -0.25) is 9.79 Å². The van der Waals surface area contributed by atoms with Crippen LogP contribution in [0.1, 0.15) is 36.5 Å². The van der Waals surface area contributed by atoms with Gasteiger partial charge in [-0.25, -0.2) is 0 Å². The first-order chi connectivity index (χ1) is 13.4. The van der Waals surface area contributed by atoms with Gasteiger partial charge in [0.05, 0.1) is 12.8 Å². The van der Waals surface area contributed by atoms with E-state index in [4.69, 9.17) is 4.74 Å². The van der Waals surface area contributed by atoms with Gasteiger partial charge in [0, 0.05) is 27.1 Å². The van der Waals surface area contributed by atoms with Crippen LogP contribution in [0.25, 0.3) is 0 Å². The highest BCUT2D eigenvalue weighted by atomic mass is 16.5. The number of hydrogen-bond donors (Lipinski definition) is 3. The first kappa shape index (κ1) is 21.3. The Balaban J connectivity index is 1.94. The quantitative estimate of drug-likeness (QED) is 0.507. The summed E-state index contributed by atoms with van der Waals surface area (Å²) in [6.07, 6.45) is 0. The number of rotatable bonds is 7. The van der Waals surface area contributed by atoms with Gasteiger partial charge in [-0.1, -0.05) is 42.8 Å². The largest absolute Gasteiger partial charge is 0.495 e. The van der Waals surface area contributed by atoms with Gasteiger partial charge in [-0.05, 0) is 36.1 Å². The average Bonchev–Trinajstić information content (AvgIpc) is 2.67. The number of nitrogens with one attached hydrogen (secondary N) is 3. The van der Waals surface area contributed by atoms with E-state index in [0.717, 1.165) is 18.1 Å². The first-order valence-corrected chi connectivity index (χ1v) is 9.38. The maximum absolute atomic E-state index is 11.4. The predicted octanol–water partition coefficient (Wildman–Crippen LogP) is 3.43. The normalized spacial score (nSPS) is 12.2. The van der Waals surface area contributed by atoms with Gasteiger partial charge in [-0.2, -0.15) is 0 Å². The topological polar surface area (TPSA) is 74.8 Å². The summed E-state index contributed by atoms with van der Waals surface area (Å²) >= 11 is 0. The second kappa shape index (κ2) is 10.3. The molecular formula is C22H30N4O2. The van der Waals surface area contributed by atoms with Crippen molar-refractivity contribution < 1.29 is 9.53 Å². The van der Waals surface area contributed by atoms with E-state index in [0.29, 0.717) is 23.9 Å². The first-order valence-electron chi connectivity index (χ1n) is 9.38. The van der Waals surface area contributed by atoms with E-state index in [1.807, 2.05) is 18.2 Å². The summed E-state index contributed by atoms with van der Waals surface area (Å²) in [4.78, 5) is 15.7. The maximum Gasteiger partial charge on any atom is 0.221 e. The minimum absolute atomic E-state index is 0.133. The van der Waals surface area contributed by atoms with Crippen molar-refractivity contribution in [2.24, 2.45) is 4.99 Å². The summed E-state index contributed by atoms with van der Waals surface area (Å²) in [6, 6.07) is 14.3. The molecule has 6 heteroatoms. The SMILES string of the molecule is CN=C(NCc1ccc(OC)c(NC(C)=O)c1)NCC(C)c1cccc(C)c1. The number of nitrogens with zero attached hydrogens (tertiary/aromatic N) is 1. The number of guanidine groups is 1. The molecule has 2 aromatic carbocycles. The van der Waals surface area contributed by atoms with E-state index >= 15 is 0 Å². The second-order valence-corrected chi connectivity index (χ2v) is 6.84. The van der Waals surface area contributed by atoms with Crippen LogP contribution in [0.3, 0.4) is 0 Å². The molecule has 2 aromatic rings. The fourth-order valence-electron chi connectivity index (χ4n) is 2.90. The van der Waals surface area contributed by atoms with Crippen molar-refractivity contribution in [3.8, 4) is 5.75 Å². The lowest BCUT2D eigenvalue weighted by molar-refractivity contribution is -0.114. The molecule has 0 heterocycles. The molecule has 1 unspecified atom stereocenters. The van der Waals surface area contributed by atoms with Crippen LogP contribution >= 0.6 is 0 Å². The summed E-state index contributed by atoms with van der Waals surface area (Å²) in [6.45, 7) is 7.13. The molecule has 1 atom stereocenters. The van der Waals surface area contributed by atoms with E-state index in [1.54, 1.807) is 14.2 Å². The third-order valence-corrected chi connectivity index (χ3v) is 4.45. The molecule has 0 fully saturated rings. The zero-order chi connectivity index (χ0) is 20.5. The third kappa shape index (κ3) is 6.30. The van der Waals surface area contributed by atoms with E-state index in [2.05, 4.69) is 59.1 Å². The fraction of sp³-hybridized carbons (Fsp3) is 0.364. The number of hydrogen-bond acceptors (Lipinski definition) is 3. The number of carbonyl (C=O) groups excluding carboxylic acids is 1. The smallest absolute Gasteiger partial charge is 0.221 e. The number of methoxy groups -OCH3 is 1. The molecule has 0 spiro atoms. The van der Waals surface area contributed by atoms with Crippen LogP contribution in [-0.2, 0) is 11.3 Å². The number of aryl methyl sites for hydroxylation is 1. The number of anilines is 1. The zero-order valence-electron chi connectivity index (χ0n) is 17.3. The van der Waals surface area contributed by atoms with E-state index < -0.39 is 0 Å². The highest BCUT2D eigenvalue weighted by molar-refractivity contribution is 5.90. The molecule has 3 N–H and O–H groups in total. The van der Waals surface area contributed by atoms with Crippen molar-refractivity contribution in [1.82, 2.24) is 10.6 Å². The van der Waals surface area contributed by atoms with Crippen molar-refractivity contribution >= 4 is 17.6 Å². The van der Waals surface area contributed by atoms with Crippen LogP contribution in [0.5, 0.6) is 5.75 Å². The Kier molecular flexibility index (Phi) is 7.87. The lowest BCUT2D eigenvalue weighted by Gasteiger charge is -2.17. The van der Waals surface area contributed by atoms with Gasteiger partial charge >= 0.3 is 0 Å². The zero-order valence-corrected chi connectivity index (χ0v) is 17.3. The Morgan fingerprint density at radius 1 is 1.18 bits per heavy atom. The number of aliphatic imine (C=N–C) groups is 1. The molecule has 0 saturated heterocycles. The van der Waals surface area contributed by atoms with Crippen molar-refractivity contribution in [1.29, 1.82) is 0 Å². The van der Waals surface area contributed by atoms with Crippen molar-refractivity contribution in [3.63, 3.8) is 0 Å². The van der Waals surface area contributed by atoms with Crippen LogP contribution in [0, 0.1) is 6.92 Å². The molecule has 0 aliphatic heterocycles. The van der Waals surface area contributed by atoms with Crippen LogP contribution in [0.15, 0.2) is 47.5 Å². The van der Waals surface area contributed by atoms with E-state index in [1.165, 1.54) is 18.1 Å². The van der Waals surface area contributed by atoms with Gasteiger partial charge in [-0.15, -0.1) is 0 Å². The van der Waals surface area contributed by atoms with Crippen LogP contribution in [0.2, 0.25) is 0 Å². The summed E-state index contributed by atoms with van der Waals surface area (Å²) < 4.78 is 5.29. The minimum atomic E-state index is -0.133. The summed E-state index contributed by atoms with van der Waals surface area (Å²) in [5.74, 6) is 1.60. The Morgan fingerprint density at radius 3 is 2.61 bits per heavy atom. The summed E-state index contributed by atoms with van der Waals surface area (Å²) in [5.41, 5.74) is 4.24. The molecule has 1 amide bonds. The molecule has 0 aliphatic carbocycles. The van der Waals surface area contributed by atoms with Crippen molar-refractivity contribution in [2.45, 2.75) is 33.2 Å². The van der Waals surface area contributed by atoms with Gasteiger partial charge < -0.3 is 20.7 Å². The van der Waals surface area contributed by atoms with Gasteiger partial charge in [0.15, 0.2) is 5.96 Å². The second-order valence-electron chi connectivity index (χ2n) is 6.84. The number of benzene rings is 2. The lowest BCUT2D eigenvalue weighted by Crippen LogP contribution is -2.38. The van der Waals surface area contributed by atoms with Crippen LogP contribution in [0.4, 0.5) is 5.69 Å². The monoisotopic (exact) mass is 382 g/mol. The molecule has 28 heavy (non-hydrogen) atoms. The van der Waals surface area contributed by atoms with Crippen LogP contribution < -0.4 is 20.7 Å². The summed E-state index contributed by atoms with van der Waals surface area (Å²) in [5, 5.41) is 9.47. The van der Waals surface area contributed by atoms with Gasteiger partial charge in [0.25, 0.3) is 0 Å². The highest BCUT2D eigenvalue weighted by Crippen LogP contribution is 2.25. The predicted molar refractivity (Wildman–Crippen MR) is 115 cm³/mol. The van der Waals surface area contributed by atoms with Gasteiger partial charge in [0.2, 0.25) is 5.91 Å².